The number of phenolic OH excluding ortho intramolecular Hbond substituents is 1. The Morgan fingerprint density at radius 1 is 1.05 bits per heavy atom. The van der Waals surface area contributed by atoms with Crippen LogP contribution in [-0.2, 0) is 0 Å². The maximum absolute atomic E-state index is 13.2. The van der Waals surface area contributed by atoms with Crippen molar-refractivity contribution in [3.8, 4) is 5.75 Å². The Bertz CT molecular complexity index is 575. The van der Waals surface area contributed by atoms with Crippen molar-refractivity contribution in [2.24, 2.45) is 0 Å². The Balaban J connectivity index is 2.25. The van der Waals surface area contributed by atoms with Gasteiger partial charge in [-0.05, 0) is 62.2 Å². The number of aromatic hydroxyl groups is 1. The van der Waals surface area contributed by atoms with Gasteiger partial charge in [0.1, 0.15) is 11.6 Å². The lowest BCUT2D eigenvalue weighted by molar-refractivity contribution is 0.462. The van der Waals surface area contributed by atoms with Gasteiger partial charge in [-0.1, -0.05) is 6.07 Å². The number of halogens is 1. The molecule has 1 atom stereocenters. The van der Waals surface area contributed by atoms with Crippen molar-refractivity contribution in [2.45, 2.75) is 26.8 Å². The van der Waals surface area contributed by atoms with E-state index in [1.807, 2.05) is 32.9 Å². The van der Waals surface area contributed by atoms with Crippen LogP contribution in [0.5, 0.6) is 5.75 Å². The van der Waals surface area contributed by atoms with E-state index in [1.165, 1.54) is 18.2 Å². The molecule has 2 N–H and O–H groups in total. The number of nitrogens with one attached hydrogen (secondary N) is 1. The van der Waals surface area contributed by atoms with Gasteiger partial charge in [0.25, 0.3) is 0 Å². The van der Waals surface area contributed by atoms with E-state index in [9.17, 15) is 9.50 Å². The second kappa shape index (κ2) is 5.31. The monoisotopic (exact) mass is 259 g/mol. The van der Waals surface area contributed by atoms with Crippen LogP contribution in [0.25, 0.3) is 0 Å². The molecular weight excluding hydrogens is 241 g/mol. The lowest BCUT2D eigenvalue weighted by Gasteiger charge is -2.18. The van der Waals surface area contributed by atoms with Crippen molar-refractivity contribution in [3.63, 3.8) is 0 Å². The highest BCUT2D eigenvalue weighted by Crippen LogP contribution is 2.28. The smallest absolute Gasteiger partial charge is 0.123 e. The van der Waals surface area contributed by atoms with E-state index >= 15 is 0 Å². The highest BCUT2D eigenvalue weighted by atomic mass is 19.1. The van der Waals surface area contributed by atoms with Crippen LogP contribution in [-0.4, -0.2) is 5.11 Å². The minimum atomic E-state index is -0.345. The van der Waals surface area contributed by atoms with Crippen LogP contribution in [0.4, 0.5) is 10.1 Å². The maximum atomic E-state index is 13.2. The van der Waals surface area contributed by atoms with Crippen molar-refractivity contribution in [1.29, 1.82) is 0 Å². The quantitative estimate of drug-likeness (QED) is 0.860. The third-order valence-electron chi connectivity index (χ3n) is 3.06. The zero-order chi connectivity index (χ0) is 14.0. The van der Waals surface area contributed by atoms with Crippen molar-refractivity contribution < 1.29 is 9.50 Å². The first kappa shape index (κ1) is 13.4. The zero-order valence-corrected chi connectivity index (χ0v) is 11.4. The molecule has 0 spiro atoms. The predicted molar refractivity (Wildman–Crippen MR) is 76.0 cm³/mol. The summed E-state index contributed by atoms with van der Waals surface area (Å²) in [7, 11) is 0. The topological polar surface area (TPSA) is 32.3 Å². The van der Waals surface area contributed by atoms with E-state index in [4.69, 9.17) is 0 Å². The van der Waals surface area contributed by atoms with Crippen LogP contribution in [0.3, 0.4) is 0 Å². The number of anilines is 1. The first-order chi connectivity index (χ1) is 8.95. The van der Waals surface area contributed by atoms with E-state index in [2.05, 4.69) is 11.4 Å². The molecule has 1 unspecified atom stereocenters. The van der Waals surface area contributed by atoms with Crippen molar-refractivity contribution >= 4 is 5.69 Å². The Labute approximate surface area is 112 Å². The Morgan fingerprint density at radius 2 is 1.68 bits per heavy atom. The molecule has 0 radical (unpaired) electrons. The molecule has 19 heavy (non-hydrogen) atoms. The number of hydrogen-bond acceptors (Lipinski definition) is 2. The zero-order valence-electron chi connectivity index (χ0n) is 11.4. The normalized spacial score (nSPS) is 12.2. The maximum Gasteiger partial charge on any atom is 0.123 e. The Morgan fingerprint density at radius 3 is 2.32 bits per heavy atom. The number of hydrogen-bond donors (Lipinski definition) is 2. The molecule has 0 saturated heterocycles. The van der Waals surface area contributed by atoms with Crippen molar-refractivity contribution in [1.82, 2.24) is 0 Å². The lowest BCUT2D eigenvalue weighted by Crippen LogP contribution is -2.07. The average molecular weight is 259 g/mol. The fourth-order valence-corrected chi connectivity index (χ4v) is 2.26. The Kier molecular flexibility index (Phi) is 3.74. The molecule has 0 fully saturated rings. The SMILES string of the molecule is Cc1cc(C)cc(NC(C)c2cc(F)ccc2O)c1. The molecule has 0 bridgehead atoms. The molecule has 0 aromatic heterocycles. The van der Waals surface area contributed by atoms with Gasteiger partial charge in [-0.2, -0.15) is 0 Å². The van der Waals surface area contributed by atoms with Crippen LogP contribution in [0.15, 0.2) is 36.4 Å². The van der Waals surface area contributed by atoms with Gasteiger partial charge >= 0.3 is 0 Å². The van der Waals surface area contributed by atoms with E-state index in [-0.39, 0.29) is 17.6 Å². The molecule has 2 rings (SSSR count). The van der Waals surface area contributed by atoms with Gasteiger partial charge in [0, 0.05) is 11.3 Å². The molecule has 0 saturated carbocycles. The van der Waals surface area contributed by atoms with Gasteiger partial charge in [-0.25, -0.2) is 4.39 Å². The van der Waals surface area contributed by atoms with E-state index in [0.717, 1.165) is 16.8 Å². The fourth-order valence-electron chi connectivity index (χ4n) is 2.26. The number of rotatable bonds is 3. The second-order valence-corrected chi connectivity index (χ2v) is 4.95. The average Bonchev–Trinajstić information content (AvgIpc) is 2.30. The molecule has 0 amide bonds. The van der Waals surface area contributed by atoms with Crippen LogP contribution >= 0.6 is 0 Å². The molecule has 3 heteroatoms. The second-order valence-electron chi connectivity index (χ2n) is 4.95. The summed E-state index contributed by atoms with van der Waals surface area (Å²) in [6, 6.07) is 9.97. The van der Waals surface area contributed by atoms with E-state index < -0.39 is 0 Å². The highest BCUT2D eigenvalue weighted by Gasteiger charge is 2.11. The molecule has 0 aliphatic rings. The van der Waals surface area contributed by atoms with Crippen LogP contribution in [0.2, 0.25) is 0 Å². The van der Waals surface area contributed by atoms with Crippen LogP contribution < -0.4 is 5.32 Å². The molecule has 0 aliphatic heterocycles. The van der Waals surface area contributed by atoms with Crippen molar-refractivity contribution in [3.05, 3.63) is 58.9 Å². The largest absolute Gasteiger partial charge is 0.508 e. The molecule has 0 heterocycles. The fraction of sp³-hybridized carbons (Fsp3) is 0.250. The number of aryl methyl sites for hydroxylation is 2. The summed E-state index contributed by atoms with van der Waals surface area (Å²) in [5.74, 6) is -0.243. The molecule has 2 nitrogen and oxygen atoms in total. The lowest BCUT2D eigenvalue weighted by atomic mass is 10.1. The van der Waals surface area contributed by atoms with Gasteiger partial charge in [-0.15, -0.1) is 0 Å². The van der Waals surface area contributed by atoms with Gasteiger partial charge < -0.3 is 10.4 Å². The van der Waals surface area contributed by atoms with E-state index in [1.54, 1.807) is 0 Å². The van der Waals surface area contributed by atoms with Gasteiger partial charge in [-0.3, -0.25) is 0 Å². The van der Waals surface area contributed by atoms with E-state index in [0.29, 0.717) is 5.56 Å². The summed E-state index contributed by atoms with van der Waals surface area (Å²) < 4.78 is 13.2. The van der Waals surface area contributed by atoms with Gasteiger partial charge in [0.15, 0.2) is 0 Å². The summed E-state index contributed by atoms with van der Waals surface area (Å²) in [6.07, 6.45) is 0. The third kappa shape index (κ3) is 3.25. The minimum absolute atomic E-state index is 0.103. The summed E-state index contributed by atoms with van der Waals surface area (Å²) in [6.45, 7) is 5.96. The first-order valence-electron chi connectivity index (χ1n) is 6.29. The number of benzene rings is 2. The van der Waals surface area contributed by atoms with Gasteiger partial charge in [0.05, 0.1) is 6.04 Å². The summed E-state index contributed by atoms with van der Waals surface area (Å²) in [5, 5.41) is 13.1. The standard InChI is InChI=1S/C16H18FNO/c1-10-6-11(2)8-14(7-10)18-12(3)15-9-13(17)4-5-16(15)19/h4-9,12,18-19H,1-3H3. The first-order valence-corrected chi connectivity index (χ1v) is 6.29. The third-order valence-corrected chi connectivity index (χ3v) is 3.06. The molecule has 100 valence electrons. The highest BCUT2D eigenvalue weighted by molar-refractivity contribution is 5.51. The summed E-state index contributed by atoms with van der Waals surface area (Å²) in [4.78, 5) is 0. The summed E-state index contributed by atoms with van der Waals surface area (Å²) >= 11 is 0. The van der Waals surface area contributed by atoms with Crippen LogP contribution in [0, 0.1) is 19.7 Å². The van der Waals surface area contributed by atoms with Crippen molar-refractivity contribution in [2.75, 3.05) is 5.32 Å². The molecule has 2 aromatic carbocycles. The predicted octanol–water partition coefficient (Wildman–Crippen LogP) is 4.32. The molecule has 0 aliphatic carbocycles. The molecular formula is C16H18FNO. The number of phenols is 1. The minimum Gasteiger partial charge on any atom is -0.508 e. The van der Waals surface area contributed by atoms with Gasteiger partial charge in [0.2, 0.25) is 0 Å². The summed E-state index contributed by atoms with van der Waals surface area (Å²) in [5.41, 5.74) is 3.85. The molecule has 2 aromatic rings. The van der Waals surface area contributed by atoms with Crippen LogP contribution in [0.1, 0.15) is 29.7 Å². The Hall–Kier alpha value is -2.03.